The van der Waals surface area contributed by atoms with Crippen LogP contribution < -0.4 is 16.4 Å². The van der Waals surface area contributed by atoms with Gasteiger partial charge in [-0.2, -0.15) is 0 Å². The Labute approximate surface area is 101 Å². The SMILES string of the molecule is NCCNC(=O)NC1(CC(=O)O)CCCCC1. The topological polar surface area (TPSA) is 104 Å². The quantitative estimate of drug-likeness (QED) is 0.561. The third-order valence-electron chi connectivity index (χ3n) is 3.11. The van der Waals surface area contributed by atoms with Crippen LogP contribution in [-0.4, -0.2) is 35.7 Å². The van der Waals surface area contributed by atoms with E-state index in [9.17, 15) is 9.59 Å². The van der Waals surface area contributed by atoms with E-state index >= 15 is 0 Å². The number of urea groups is 1. The summed E-state index contributed by atoms with van der Waals surface area (Å²) in [5.74, 6) is -0.869. The minimum Gasteiger partial charge on any atom is -0.481 e. The first-order valence-electron chi connectivity index (χ1n) is 6.06. The first-order chi connectivity index (χ1) is 8.08. The standard InChI is InChI=1S/C11H21N3O3/c12-6-7-13-10(17)14-11(8-9(15)16)4-2-1-3-5-11/h1-8,12H2,(H,15,16)(H2,13,14,17). The number of amides is 2. The van der Waals surface area contributed by atoms with Crippen LogP contribution in [0.3, 0.4) is 0 Å². The minimum atomic E-state index is -0.869. The fourth-order valence-electron chi connectivity index (χ4n) is 2.33. The van der Waals surface area contributed by atoms with Gasteiger partial charge in [-0.3, -0.25) is 4.79 Å². The molecular formula is C11H21N3O3. The summed E-state index contributed by atoms with van der Waals surface area (Å²) in [5, 5.41) is 14.3. The maximum atomic E-state index is 11.6. The predicted molar refractivity (Wildman–Crippen MR) is 63.7 cm³/mol. The maximum absolute atomic E-state index is 11.6. The van der Waals surface area contributed by atoms with Gasteiger partial charge in [0.05, 0.1) is 12.0 Å². The lowest BCUT2D eigenvalue weighted by atomic mass is 9.79. The molecule has 0 saturated heterocycles. The predicted octanol–water partition coefficient (Wildman–Crippen LogP) is 0.422. The Balaban J connectivity index is 2.56. The molecule has 0 aromatic rings. The second-order valence-electron chi connectivity index (χ2n) is 4.58. The van der Waals surface area contributed by atoms with Crippen molar-refractivity contribution in [1.29, 1.82) is 0 Å². The van der Waals surface area contributed by atoms with Crippen LogP contribution in [-0.2, 0) is 4.79 Å². The summed E-state index contributed by atoms with van der Waals surface area (Å²) in [6, 6.07) is -0.321. The molecule has 1 fully saturated rings. The van der Waals surface area contributed by atoms with E-state index in [1.165, 1.54) is 0 Å². The van der Waals surface area contributed by atoms with Gasteiger partial charge in [0.25, 0.3) is 0 Å². The number of carboxylic acid groups (broad SMARTS) is 1. The Bertz CT molecular complexity index is 275. The zero-order chi connectivity index (χ0) is 12.7. The minimum absolute atomic E-state index is 0.0109. The molecule has 6 heteroatoms. The zero-order valence-electron chi connectivity index (χ0n) is 10.00. The van der Waals surface area contributed by atoms with Crippen molar-refractivity contribution in [3.8, 4) is 0 Å². The van der Waals surface area contributed by atoms with Gasteiger partial charge in [0.2, 0.25) is 0 Å². The highest BCUT2D eigenvalue weighted by Crippen LogP contribution is 2.30. The van der Waals surface area contributed by atoms with Crippen LogP contribution in [0, 0.1) is 0 Å². The lowest BCUT2D eigenvalue weighted by Gasteiger charge is -2.36. The number of carbonyl (C=O) groups is 2. The van der Waals surface area contributed by atoms with E-state index < -0.39 is 11.5 Å². The summed E-state index contributed by atoms with van der Waals surface area (Å²) < 4.78 is 0. The van der Waals surface area contributed by atoms with Crippen LogP contribution >= 0.6 is 0 Å². The number of rotatable bonds is 5. The van der Waals surface area contributed by atoms with Gasteiger partial charge in [-0.05, 0) is 12.8 Å². The van der Waals surface area contributed by atoms with Crippen LogP contribution in [0.5, 0.6) is 0 Å². The number of hydrogen-bond acceptors (Lipinski definition) is 3. The first-order valence-corrected chi connectivity index (χ1v) is 6.06. The summed E-state index contributed by atoms with van der Waals surface area (Å²) in [6.45, 7) is 0.772. The van der Waals surface area contributed by atoms with E-state index in [2.05, 4.69) is 10.6 Å². The lowest BCUT2D eigenvalue weighted by molar-refractivity contribution is -0.139. The summed E-state index contributed by atoms with van der Waals surface area (Å²) in [6.07, 6.45) is 4.48. The number of carbonyl (C=O) groups excluding carboxylic acids is 1. The molecule has 2 amide bonds. The highest BCUT2D eigenvalue weighted by atomic mass is 16.4. The molecule has 0 bridgehead atoms. The van der Waals surface area contributed by atoms with Gasteiger partial charge in [-0.25, -0.2) is 4.79 Å². The normalized spacial score (nSPS) is 18.4. The molecule has 98 valence electrons. The van der Waals surface area contributed by atoms with Crippen molar-refractivity contribution in [2.75, 3.05) is 13.1 Å². The molecule has 6 nitrogen and oxygen atoms in total. The number of aliphatic carboxylic acids is 1. The highest BCUT2D eigenvalue weighted by molar-refractivity contribution is 5.76. The second-order valence-corrected chi connectivity index (χ2v) is 4.58. The molecule has 0 aliphatic heterocycles. The van der Waals surface area contributed by atoms with Gasteiger partial charge in [0.1, 0.15) is 0 Å². The van der Waals surface area contributed by atoms with Crippen LogP contribution in [0.15, 0.2) is 0 Å². The van der Waals surface area contributed by atoms with E-state index in [4.69, 9.17) is 10.8 Å². The molecule has 17 heavy (non-hydrogen) atoms. The van der Waals surface area contributed by atoms with Gasteiger partial charge < -0.3 is 21.5 Å². The van der Waals surface area contributed by atoms with Crippen LogP contribution in [0.2, 0.25) is 0 Å². The monoisotopic (exact) mass is 243 g/mol. The molecule has 1 aliphatic carbocycles. The maximum Gasteiger partial charge on any atom is 0.315 e. The molecule has 0 spiro atoms. The summed E-state index contributed by atoms with van der Waals surface area (Å²) in [7, 11) is 0. The van der Waals surface area contributed by atoms with Gasteiger partial charge in [-0.15, -0.1) is 0 Å². The molecule has 1 aliphatic rings. The fraction of sp³-hybridized carbons (Fsp3) is 0.818. The smallest absolute Gasteiger partial charge is 0.315 e. The Morgan fingerprint density at radius 2 is 1.88 bits per heavy atom. The van der Waals surface area contributed by atoms with Gasteiger partial charge in [-0.1, -0.05) is 19.3 Å². The van der Waals surface area contributed by atoms with Crippen LogP contribution in [0.4, 0.5) is 4.79 Å². The Morgan fingerprint density at radius 1 is 1.24 bits per heavy atom. The molecule has 1 saturated carbocycles. The van der Waals surface area contributed by atoms with Gasteiger partial charge >= 0.3 is 12.0 Å². The zero-order valence-corrected chi connectivity index (χ0v) is 10.00. The van der Waals surface area contributed by atoms with Crippen LogP contribution in [0.1, 0.15) is 38.5 Å². The Hall–Kier alpha value is -1.30. The third kappa shape index (κ3) is 4.60. The molecule has 0 unspecified atom stereocenters. The van der Waals surface area contributed by atoms with Gasteiger partial charge in [0, 0.05) is 13.1 Å². The van der Waals surface area contributed by atoms with Crippen molar-refractivity contribution >= 4 is 12.0 Å². The molecule has 5 N–H and O–H groups in total. The lowest BCUT2D eigenvalue weighted by Crippen LogP contribution is -2.54. The van der Waals surface area contributed by atoms with Crippen molar-refractivity contribution in [3.63, 3.8) is 0 Å². The number of nitrogens with two attached hydrogens (primary N) is 1. The second kappa shape index (κ2) is 6.44. The molecular weight excluding hydrogens is 222 g/mol. The van der Waals surface area contributed by atoms with E-state index in [1.807, 2.05) is 0 Å². The Kier molecular flexibility index (Phi) is 5.21. The summed E-state index contributed by atoms with van der Waals surface area (Å²) >= 11 is 0. The summed E-state index contributed by atoms with van der Waals surface area (Å²) in [4.78, 5) is 22.5. The van der Waals surface area contributed by atoms with Crippen molar-refractivity contribution in [2.24, 2.45) is 5.73 Å². The number of nitrogens with one attached hydrogen (secondary N) is 2. The van der Waals surface area contributed by atoms with Crippen molar-refractivity contribution < 1.29 is 14.7 Å². The summed E-state index contributed by atoms with van der Waals surface area (Å²) in [5.41, 5.74) is 4.71. The average molecular weight is 243 g/mol. The first kappa shape index (κ1) is 13.8. The van der Waals surface area contributed by atoms with Crippen molar-refractivity contribution in [2.45, 2.75) is 44.1 Å². The Morgan fingerprint density at radius 3 is 2.41 bits per heavy atom. The number of carboxylic acids is 1. The molecule has 0 aromatic carbocycles. The van der Waals surface area contributed by atoms with Crippen LogP contribution in [0.25, 0.3) is 0 Å². The molecule has 1 rings (SSSR count). The van der Waals surface area contributed by atoms with E-state index in [0.717, 1.165) is 32.1 Å². The van der Waals surface area contributed by atoms with E-state index in [1.54, 1.807) is 0 Å². The van der Waals surface area contributed by atoms with Crippen molar-refractivity contribution in [3.05, 3.63) is 0 Å². The molecule has 0 heterocycles. The van der Waals surface area contributed by atoms with E-state index in [0.29, 0.717) is 13.1 Å². The highest BCUT2D eigenvalue weighted by Gasteiger charge is 2.35. The molecule has 0 aromatic heterocycles. The fourth-order valence-corrected chi connectivity index (χ4v) is 2.33. The van der Waals surface area contributed by atoms with Gasteiger partial charge in [0.15, 0.2) is 0 Å². The molecule has 0 radical (unpaired) electrons. The largest absolute Gasteiger partial charge is 0.481 e. The molecule has 0 atom stereocenters. The van der Waals surface area contributed by atoms with E-state index in [-0.39, 0.29) is 12.5 Å². The third-order valence-corrected chi connectivity index (χ3v) is 3.11. The van der Waals surface area contributed by atoms with Crippen molar-refractivity contribution in [1.82, 2.24) is 10.6 Å². The average Bonchev–Trinajstić information content (AvgIpc) is 2.26. The number of hydrogen-bond donors (Lipinski definition) is 4.